The summed E-state index contributed by atoms with van der Waals surface area (Å²) in [6.07, 6.45) is 11.9. The second kappa shape index (κ2) is 7.91. The van der Waals surface area contributed by atoms with Gasteiger partial charge in [-0.25, -0.2) is 0 Å². The Hall–Kier alpha value is -1.40. The van der Waals surface area contributed by atoms with Gasteiger partial charge >= 0.3 is 0 Å². The van der Waals surface area contributed by atoms with Crippen LogP contribution in [0.5, 0.6) is 0 Å². The van der Waals surface area contributed by atoms with E-state index in [1.807, 2.05) is 30.3 Å². The van der Waals surface area contributed by atoms with Gasteiger partial charge in [0.05, 0.1) is 6.61 Å². The van der Waals surface area contributed by atoms with Gasteiger partial charge in [-0.05, 0) is 36.8 Å². The van der Waals surface area contributed by atoms with Crippen LogP contribution in [0.1, 0.15) is 32.1 Å². The summed E-state index contributed by atoms with van der Waals surface area (Å²) in [6, 6.07) is 9.95. The van der Waals surface area contributed by atoms with Crippen LogP contribution in [-0.4, -0.2) is 12.5 Å². The average Bonchev–Trinajstić information content (AvgIpc) is 2.49. The van der Waals surface area contributed by atoms with Crippen molar-refractivity contribution in [3.63, 3.8) is 0 Å². The van der Waals surface area contributed by atoms with Crippen molar-refractivity contribution in [3.8, 4) is 12.3 Å². The SMILES string of the molecule is C#CC(=NSc1ccccc1)OCC1CCCCC1. The summed E-state index contributed by atoms with van der Waals surface area (Å²) in [7, 11) is 0. The van der Waals surface area contributed by atoms with Gasteiger partial charge in [0.25, 0.3) is 5.90 Å². The molecule has 1 aliphatic carbocycles. The van der Waals surface area contributed by atoms with Crippen LogP contribution in [0, 0.1) is 18.3 Å². The fraction of sp³-hybridized carbons (Fsp3) is 0.438. The molecule has 19 heavy (non-hydrogen) atoms. The Labute approximate surface area is 119 Å². The lowest BCUT2D eigenvalue weighted by atomic mass is 9.90. The van der Waals surface area contributed by atoms with E-state index in [0.717, 1.165) is 4.90 Å². The number of hydrogen-bond acceptors (Lipinski definition) is 3. The highest BCUT2D eigenvalue weighted by molar-refractivity contribution is 7.98. The normalized spacial score (nSPS) is 16.9. The standard InChI is InChI=1S/C16H19NOS/c1-2-16(17-19-15-11-7-4-8-12-15)18-13-14-9-5-3-6-10-14/h1,4,7-8,11-12,14H,3,5-6,9-10,13H2. The van der Waals surface area contributed by atoms with E-state index in [1.165, 1.54) is 44.1 Å². The molecule has 0 unspecified atom stereocenters. The maximum absolute atomic E-state index is 5.65. The molecule has 2 rings (SSSR count). The van der Waals surface area contributed by atoms with Crippen LogP contribution in [-0.2, 0) is 4.74 Å². The third kappa shape index (κ3) is 5.00. The van der Waals surface area contributed by atoms with Crippen LogP contribution in [0.3, 0.4) is 0 Å². The van der Waals surface area contributed by atoms with E-state index in [0.29, 0.717) is 18.4 Å². The van der Waals surface area contributed by atoms with Crippen molar-refractivity contribution in [2.24, 2.45) is 10.3 Å². The Morgan fingerprint density at radius 2 is 2.00 bits per heavy atom. The minimum absolute atomic E-state index is 0.402. The molecule has 2 nitrogen and oxygen atoms in total. The van der Waals surface area contributed by atoms with Gasteiger partial charge < -0.3 is 4.74 Å². The highest BCUT2D eigenvalue weighted by atomic mass is 32.2. The fourth-order valence-corrected chi connectivity index (χ4v) is 2.79. The van der Waals surface area contributed by atoms with Crippen LogP contribution in [0.25, 0.3) is 0 Å². The first kappa shape index (κ1) is 14.0. The molecular weight excluding hydrogens is 254 g/mol. The molecule has 1 saturated carbocycles. The van der Waals surface area contributed by atoms with Crippen molar-refractivity contribution in [2.75, 3.05) is 6.61 Å². The highest BCUT2D eigenvalue weighted by Gasteiger charge is 2.14. The Morgan fingerprint density at radius 1 is 1.26 bits per heavy atom. The summed E-state index contributed by atoms with van der Waals surface area (Å²) in [4.78, 5) is 1.07. The Kier molecular flexibility index (Phi) is 5.84. The first-order valence-electron chi connectivity index (χ1n) is 6.78. The molecule has 0 atom stereocenters. The van der Waals surface area contributed by atoms with Gasteiger partial charge in [-0.2, -0.15) is 4.40 Å². The molecule has 100 valence electrons. The summed E-state index contributed by atoms with van der Waals surface area (Å²) in [5.74, 6) is 3.57. The monoisotopic (exact) mass is 273 g/mol. The van der Waals surface area contributed by atoms with Gasteiger partial charge in [0.15, 0.2) is 0 Å². The molecule has 1 aromatic rings. The van der Waals surface area contributed by atoms with Crippen molar-refractivity contribution in [1.82, 2.24) is 0 Å². The van der Waals surface area contributed by atoms with Crippen molar-refractivity contribution in [3.05, 3.63) is 30.3 Å². The van der Waals surface area contributed by atoms with E-state index in [9.17, 15) is 0 Å². The minimum atomic E-state index is 0.402. The maximum Gasteiger partial charge on any atom is 0.275 e. The molecule has 1 aromatic carbocycles. The first-order valence-corrected chi connectivity index (χ1v) is 7.55. The van der Waals surface area contributed by atoms with Crippen LogP contribution < -0.4 is 0 Å². The van der Waals surface area contributed by atoms with Gasteiger partial charge in [0, 0.05) is 16.8 Å². The van der Waals surface area contributed by atoms with Gasteiger partial charge in [0.1, 0.15) is 0 Å². The zero-order valence-electron chi connectivity index (χ0n) is 11.0. The third-order valence-corrected chi connectivity index (χ3v) is 4.02. The molecule has 0 aliphatic heterocycles. The molecule has 3 heteroatoms. The Morgan fingerprint density at radius 3 is 2.68 bits per heavy atom. The summed E-state index contributed by atoms with van der Waals surface area (Å²) in [5.41, 5.74) is 0. The predicted molar refractivity (Wildman–Crippen MR) is 81.1 cm³/mol. The van der Waals surface area contributed by atoms with Gasteiger partial charge in [-0.15, -0.1) is 6.42 Å². The molecule has 0 spiro atoms. The van der Waals surface area contributed by atoms with Crippen molar-refractivity contribution < 1.29 is 4.74 Å². The largest absolute Gasteiger partial charge is 0.471 e. The predicted octanol–water partition coefficient (Wildman–Crippen LogP) is 4.32. The Balaban J connectivity index is 1.80. The van der Waals surface area contributed by atoms with Gasteiger partial charge in [-0.3, -0.25) is 0 Å². The van der Waals surface area contributed by atoms with E-state index in [2.05, 4.69) is 10.3 Å². The highest BCUT2D eigenvalue weighted by Crippen LogP contribution is 2.24. The molecular formula is C16H19NOS. The molecule has 1 aliphatic rings. The van der Waals surface area contributed by atoms with Crippen LogP contribution in [0.2, 0.25) is 0 Å². The average molecular weight is 273 g/mol. The van der Waals surface area contributed by atoms with Crippen LogP contribution >= 0.6 is 11.9 Å². The zero-order chi connectivity index (χ0) is 13.3. The summed E-state index contributed by atoms with van der Waals surface area (Å²) in [6.45, 7) is 0.707. The van der Waals surface area contributed by atoms with Crippen molar-refractivity contribution in [1.29, 1.82) is 0 Å². The molecule has 0 N–H and O–H groups in total. The van der Waals surface area contributed by atoms with Crippen molar-refractivity contribution >= 4 is 17.8 Å². The number of benzene rings is 1. The van der Waals surface area contributed by atoms with Crippen molar-refractivity contribution in [2.45, 2.75) is 37.0 Å². The molecule has 0 bridgehead atoms. The third-order valence-electron chi connectivity index (χ3n) is 3.28. The molecule has 1 fully saturated rings. The fourth-order valence-electron chi connectivity index (χ4n) is 2.22. The first-order chi connectivity index (χ1) is 9.38. The lowest BCUT2D eigenvalue weighted by Crippen LogP contribution is -2.15. The van der Waals surface area contributed by atoms with Gasteiger partial charge in [0.2, 0.25) is 0 Å². The number of nitrogens with zero attached hydrogens (tertiary/aromatic N) is 1. The number of ether oxygens (including phenoxy) is 1. The molecule has 0 saturated heterocycles. The van der Waals surface area contributed by atoms with Crippen LogP contribution in [0.4, 0.5) is 0 Å². The number of rotatable bonds is 4. The number of terminal acetylenes is 1. The minimum Gasteiger partial charge on any atom is -0.471 e. The second-order valence-electron chi connectivity index (χ2n) is 4.76. The van der Waals surface area contributed by atoms with Gasteiger partial charge in [-0.1, -0.05) is 37.5 Å². The maximum atomic E-state index is 5.65. The summed E-state index contributed by atoms with van der Waals surface area (Å²) < 4.78 is 9.92. The van der Waals surface area contributed by atoms with E-state index in [1.54, 1.807) is 0 Å². The smallest absolute Gasteiger partial charge is 0.275 e. The molecule has 0 radical (unpaired) electrons. The summed E-state index contributed by atoms with van der Waals surface area (Å²) >= 11 is 1.36. The van der Waals surface area contributed by atoms with E-state index >= 15 is 0 Å². The molecule has 0 heterocycles. The Bertz CT molecular complexity index is 444. The topological polar surface area (TPSA) is 21.6 Å². The lowest BCUT2D eigenvalue weighted by Gasteiger charge is -2.21. The van der Waals surface area contributed by atoms with E-state index < -0.39 is 0 Å². The molecule has 0 amide bonds. The van der Waals surface area contributed by atoms with E-state index in [-0.39, 0.29) is 0 Å². The molecule has 0 aromatic heterocycles. The lowest BCUT2D eigenvalue weighted by molar-refractivity contribution is 0.202. The summed E-state index contributed by atoms with van der Waals surface area (Å²) in [5, 5.41) is 0. The van der Waals surface area contributed by atoms with Crippen LogP contribution in [0.15, 0.2) is 39.6 Å². The van der Waals surface area contributed by atoms with E-state index in [4.69, 9.17) is 11.2 Å². The quantitative estimate of drug-likeness (QED) is 0.352. The number of hydrogen-bond donors (Lipinski definition) is 0. The second-order valence-corrected chi connectivity index (χ2v) is 5.60. The zero-order valence-corrected chi connectivity index (χ0v) is 11.9.